The van der Waals surface area contributed by atoms with Gasteiger partial charge in [0.25, 0.3) is 5.69 Å². The van der Waals surface area contributed by atoms with Crippen LogP contribution in [0.3, 0.4) is 0 Å². The first-order valence-electron chi connectivity index (χ1n) is 7.38. The fourth-order valence-corrected chi connectivity index (χ4v) is 2.27. The number of benzene rings is 2. The predicted molar refractivity (Wildman–Crippen MR) is 89.4 cm³/mol. The topological polar surface area (TPSA) is 100 Å². The highest BCUT2D eigenvalue weighted by atomic mass is 16.6. The maximum absolute atomic E-state index is 12.3. The first-order chi connectivity index (χ1) is 12.1. The molecule has 0 radical (unpaired) electrons. The lowest BCUT2D eigenvalue weighted by Gasteiger charge is -2.03. The minimum atomic E-state index is -0.470. The van der Waals surface area contributed by atoms with Gasteiger partial charge >= 0.3 is 0 Å². The summed E-state index contributed by atoms with van der Waals surface area (Å²) >= 11 is 0. The molecule has 0 N–H and O–H groups in total. The van der Waals surface area contributed by atoms with E-state index in [9.17, 15) is 14.9 Å². The number of nitrogens with zero attached hydrogens (tertiary/aromatic N) is 4. The summed E-state index contributed by atoms with van der Waals surface area (Å²) in [5.74, 6) is 0.878. The van der Waals surface area contributed by atoms with Crippen LogP contribution in [0.1, 0.15) is 10.4 Å². The molecule has 0 bridgehead atoms. The van der Waals surface area contributed by atoms with Crippen LogP contribution in [-0.2, 0) is 6.54 Å². The van der Waals surface area contributed by atoms with E-state index in [0.717, 1.165) is 0 Å². The molecule has 0 amide bonds. The quantitative estimate of drug-likeness (QED) is 0.389. The molecule has 0 saturated heterocycles. The van der Waals surface area contributed by atoms with Crippen LogP contribution >= 0.6 is 0 Å². The van der Waals surface area contributed by atoms with Gasteiger partial charge in [0, 0.05) is 23.3 Å². The Morgan fingerprint density at radius 3 is 2.68 bits per heavy atom. The van der Waals surface area contributed by atoms with Crippen LogP contribution in [0, 0.1) is 10.1 Å². The van der Waals surface area contributed by atoms with Gasteiger partial charge in [0.2, 0.25) is 0 Å². The van der Waals surface area contributed by atoms with E-state index in [1.54, 1.807) is 36.4 Å². The summed E-state index contributed by atoms with van der Waals surface area (Å²) < 4.78 is 6.54. The summed E-state index contributed by atoms with van der Waals surface area (Å²) in [6, 6.07) is 12.8. The van der Waals surface area contributed by atoms with Crippen molar-refractivity contribution in [1.29, 1.82) is 0 Å². The zero-order chi connectivity index (χ0) is 17.8. The van der Waals surface area contributed by atoms with Crippen LogP contribution in [0.15, 0.2) is 54.9 Å². The van der Waals surface area contributed by atoms with E-state index >= 15 is 0 Å². The number of carbonyl (C=O) groups is 1. The highest BCUT2D eigenvalue weighted by Gasteiger charge is 2.12. The molecule has 1 heterocycles. The van der Waals surface area contributed by atoms with Crippen molar-refractivity contribution in [3.8, 4) is 17.1 Å². The molecule has 3 aromatic rings. The molecule has 0 atom stereocenters. The summed E-state index contributed by atoms with van der Waals surface area (Å²) in [6.07, 6.45) is 1.45. The summed E-state index contributed by atoms with van der Waals surface area (Å²) in [4.78, 5) is 26.7. The number of nitro benzene ring substituents is 1. The largest absolute Gasteiger partial charge is 0.497 e. The number of ketones is 1. The average molecular weight is 338 g/mol. The van der Waals surface area contributed by atoms with Crippen LogP contribution in [0.5, 0.6) is 5.75 Å². The Hall–Kier alpha value is -3.55. The minimum absolute atomic E-state index is 0.00335. The molecule has 0 saturated carbocycles. The standard InChI is InChI=1S/C17H14N4O4/c1-25-15-4-2-3-13(9-15)16(22)10-20-11-18-17(19-20)12-5-7-14(8-6-12)21(23)24/h2-9,11H,10H2,1H3. The van der Waals surface area contributed by atoms with Crippen LogP contribution in [-0.4, -0.2) is 32.6 Å². The molecule has 0 fully saturated rings. The Labute approximate surface area is 142 Å². The van der Waals surface area contributed by atoms with Crippen molar-refractivity contribution in [3.05, 3.63) is 70.5 Å². The Kier molecular flexibility index (Phi) is 4.51. The van der Waals surface area contributed by atoms with Crippen molar-refractivity contribution in [1.82, 2.24) is 14.8 Å². The van der Waals surface area contributed by atoms with Gasteiger partial charge < -0.3 is 4.74 Å². The fraction of sp³-hybridized carbons (Fsp3) is 0.118. The van der Waals surface area contributed by atoms with E-state index in [1.165, 1.54) is 30.3 Å². The number of hydrogen-bond acceptors (Lipinski definition) is 6. The predicted octanol–water partition coefficient (Wildman–Crippen LogP) is 2.74. The molecule has 25 heavy (non-hydrogen) atoms. The number of non-ortho nitro benzene ring substituents is 1. The van der Waals surface area contributed by atoms with E-state index in [-0.39, 0.29) is 18.0 Å². The fourth-order valence-electron chi connectivity index (χ4n) is 2.27. The van der Waals surface area contributed by atoms with Crippen LogP contribution < -0.4 is 4.74 Å². The maximum Gasteiger partial charge on any atom is 0.269 e. The monoisotopic (exact) mass is 338 g/mol. The molecular formula is C17H14N4O4. The van der Waals surface area contributed by atoms with Crippen molar-refractivity contribution in [3.63, 3.8) is 0 Å². The Morgan fingerprint density at radius 2 is 2.00 bits per heavy atom. The molecular weight excluding hydrogens is 324 g/mol. The van der Waals surface area contributed by atoms with Gasteiger partial charge in [0.1, 0.15) is 18.6 Å². The zero-order valence-corrected chi connectivity index (χ0v) is 13.3. The van der Waals surface area contributed by atoms with E-state index in [0.29, 0.717) is 22.7 Å². The van der Waals surface area contributed by atoms with Gasteiger partial charge in [0.05, 0.1) is 12.0 Å². The normalized spacial score (nSPS) is 10.4. The van der Waals surface area contributed by atoms with E-state index in [1.807, 2.05) is 0 Å². The number of aromatic nitrogens is 3. The molecule has 0 spiro atoms. The van der Waals surface area contributed by atoms with Crippen molar-refractivity contribution < 1.29 is 14.5 Å². The number of hydrogen-bond donors (Lipinski definition) is 0. The van der Waals surface area contributed by atoms with Crippen molar-refractivity contribution >= 4 is 11.5 Å². The average Bonchev–Trinajstić information content (AvgIpc) is 3.10. The second-order valence-corrected chi connectivity index (χ2v) is 5.22. The van der Waals surface area contributed by atoms with Gasteiger partial charge in [-0.15, -0.1) is 0 Å². The number of Topliss-reactive ketones (excluding diaryl/α,β-unsaturated/α-hetero) is 1. The SMILES string of the molecule is COc1cccc(C(=O)Cn2cnc(-c3ccc([N+](=O)[O-])cc3)n2)c1. The van der Waals surface area contributed by atoms with Gasteiger partial charge in [-0.05, 0) is 24.3 Å². The Bertz CT molecular complexity index is 918. The van der Waals surface area contributed by atoms with Crippen molar-refractivity contribution in [2.75, 3.05) is 7.11 Å². The second-order valence-electron chi connectivity index (χ2n) is 5.22. The van der Waals surface area contributed by atoms with Crippen LogP contribution in [0.2, 0.25) is 0 Å². The summed E-state index contributed by atoms with van der Waals surface area (Å²) in [7, 11) is 1.54. The third-order valence-corrected chi connectivity index (χ3v) is 3.57. The summed E-state index contributed by atoms with van der Waals surface area (Å²) in [6.45, 7) is 0.0349. The van der Waals surface area contributed by atoms with Gasteiger partial charge in [-0.2, -0.15) is 5.10 Å². The molecule has 3 rings (SSSR count). The third kappa shape index (κ3) is 3.69. The van der Waals surface area contributed by atoms with Crippen molar-refractivity contribution in [2.24, 2.45) is 0 Å². The molecule has 2 aromatic carbocycles. The molecule has 1 aromatic heterocycles. The molecule has 0 unspecified atom stereocenters. The van der Waals surface area contributed by atoms with Crippen molar-refractivity contribution in [2.45, 2.75) is 6.54 Å². The molecule has 8 heteroatoms. The number of carbonyl (C=O) groups excluding carboxylic acids is 1. The lowest BCUT2D eigenvalue weighted by atomic mass is 10.1. The Morgan fingerprint density at radius 1 is 1.24 bits per heavy atom. The first kappa shape index (κ1) is 16.3. The van der Waals surface area contributed by atoms with Gasteiger partial charge in [-0.1, -0.05) is 12.1 Å². The first-order valence-corrected chi connectivity index (χ1v) is 7.38. The zero-order valence-electron chi connectivity index (χ0n) is 13.3. The number of methoxy groups -OCH3 is 1. The highest BCUT2D eigenvalue weighted by Crippen LogP contribution is 2.19. The van der Waals surface area contributed by atoms with Crippen LogP contribution in [0.25, 0.3) is 11.4 Å². The van der Waals surface area contributed by atoms with Gasteiger partial charge in [-0.3, -0.25) is 14.9 Å². The molecule has 8 nitrogen and oxygen atoms in total. The highest BCUT2D eigenvalue weighted by molar-refractivity contribution is 5.96. The lowest BCUT2D eigenvalue weighted by molar-refractivity contribution is -0.384. The smallest absolute Gasteiger partial charge is 0.269 e. The van der Waals surface area contributed by atoms with E-state index in [2.05, 4.69) is 10.1 Å². The van der Waals surface area contributed by atoms with E-state index in [4.69, 9.17) is 4.74 Å². The van der Waals surface area contributed by atoms with Crippen LogP contribution in [0.4, 0.5) is 5.69 Å². The molecule has 0 aliphatic carbocycles. The number of rotatable bonds is 6. The number of ether oxygens (including phenoxy) is 1. The minimum Gasteiger partial charge on any atom is -0.497 e. The Balaban J connectivity index is 1.74. The van der Waals surface area contributed by atoms with Gasteiger partial charge in [-0.25, -0.2) is 9.67 Å². The number of nitro groups is 1. The lowest BCUT2D eigenvalue weighted by Crippen LogP contribution is -2.11. The maximum atomic E-state index is 12.3. The molecule has 126 valence electrons. The second kappa shape index (κ2) is 6.91. The summed E-state index contributed by atoms with van der Waals surface area (Å²) in [5.41, 5.74) is 1.15. The molecule has 0 aliphatic heterocycles. The summed E-state index contributed by atoms with van der Waals surface area (Å²) in [5, 5.41) is 14.9. The van der Waals surface area contributed by atoms with E-state index < -0.39 is 4.92 Å². The third-order valence-electron chi connectivity index (χ3n) is 3.57. The van der Waals surface area contributed by atoms with Gasteiger partial charge in [0.15, 0.2) is 11.6 Å². The molecule has 0 aliphatic rings.